The molecule has 4 nitrogen and oxygen atoms in total. The lowest BCUT2D eigenvalue weighted by Crippen LogP contribution is -2.35. The Bertz CT molecular complexity index is 673. The molecule has 0 aliphatic heterocycles. The first-order valence-electron chi connectivity index (χ1n) is 5.49. The quantitative estimate of drug-likeness (QED) is 0.867. The van der Waals surface area contributed by atoms with E-state index in [1.165, 1.54) is 23.5 Å². The van der Waals surface area contributed by atoms with Crippen LogP contribution in [0.1, 0.15) is 16.2 Å². The maximum atomic E-state index is 12.8. The van der Waals surface area contributed by atoms with Crippen LogP contribution in [0.2, 0.25) is 0 Å². The number of aromatic nitrogens is 2. The highest BCUT2D eigenvalue weighted by Gasteiger charge is 2.40. The Balaban J connectivity index is 2.48. The van der Waals surface area contributed by atoms with Crippen molar-refractivity contribution in [3.63, 3.8) is 0 Å². The average molecular weight is 311 g/mol. The van der Waals surface area contributed by atoms with Crippen molar-refractivity contribution in [1.82, 2.24) is 14.7 Å². The van der Waals surface area contributed by atoms with Gasteiger partial charge >= 0.3 is 12.4 Å². The van der Waals surface area contributed by atoms with Gasteiger partial charge in [-0.3, -0.25) is 9.20 Å². The molecule has 2 rings (SSSR count). The number of carbonyl (C=O) groups excluding carboxylic acids is 1. The van der Waals surface area contributed by atoms with E-state index in [4.69, 9.17) is 0 Å². The molecule has 0 fully saturated rings. The normalized spacial score (nSPS) is 12.7. The maximum absolute atomic E-state index is 12.8. The number of imidazole rings is 1. The molecular weight excluding hydrogens is 304 g/mol. The van der Waals surface area contributed by atoms with Crippen molar-refractivity contribution in [3.05, 3.63) is 35.8 Å². The summed E-state index contributed by atoms with van der Waals surface area (Å²) in [6, 6.07) is 3.92. The van der Waals surface area contributed by atoms with Gasteiger partial charge in [-0.15, -0.1) is 0 Å². The van der Waals surface area contributed by atoms with Gasteiger partial charge in [0.15, 0.2) is 5.69 Å². The SMILES string of the molecule is O=C(NCC(F)(F)F)c1c(C(F)(F)F)nc2ccccn12. The average Bonchev–Trinajstić information content (AvgIpc) is 2.74. The molecule has 0 unspecified atom stereocenters. The van der Waals surface area contributed by atoms with E-state index in [9.17, 15) is 31.1 Å². The van der Waals surface area contributed by atoms with Gasteiger partial charge in [-0.05, 0) is 12.1 Å². The summed E-state index contributed by atoms with van der Waals surface area (Å²) in [7, 11) is 0. The van der Waals surface area contributed by atoms with Gasteiger partial charge in [-0.1, -0.05) is 6.07 Å². The molecule has 0 radical (unpaired) electrons. The molecule has 10 heteroatoms. The molecule has 0 saturated carbocycles. The number of hydrogen-bond donors (Lipinski definition) is 1. The fourth-order valence-electron chi connectivity index (χ4n) is 1.67. The number of hydrogen-bond acceptors (Lipinski definition) is 2. The van der Waals surface area contributed by atoms with Crippen LogP contribution in [0.4, 0.5) is 26.3 Å². The molecule has 0 aromatic carbocycles. The summed E-state index contributed by atoms with van der Waals surface area (Å²) in [5.74, 6) is -1.50. The standard InChI is InChI=1S/C11H7F6N3O/c12-10(13,14)5-18-9(21)7-8(11(15,16)17)19-6-3-1-2-4-20(6)7/h1-4H,5H2,(H,18,21). The van der Waals surface area contributed by atoms with E-state index in [0.717, 1.165) is 10.6 Å². The summed E-state index contributed by atoms with van der Waals surface area (Å²) in [6.07, 6.45) is -8.58. The van der Waals surface area contributed by atoms with Crippen LogP contribution in [0.3, 0.4) is 0 Å². The third-order valence-corrected chi connectivity index (χ3v) is 2.46. The van der Waals surface area contributed by atoms with Gasteiger partial charge in [0.25, 0.3) is 5.91 Å². The van der Waals surface area contributed by atoms with Gasteiger partial charge < -0.3 is 5.32 Å². The van der Waals surface area contributed by atoms with Crippen molar-refractivity contribution in [3.8, 4) is 0 Å². The van der Waals surface area contributed by atoms with Crippen molar-refractivity contribution in [1.29, 1.82) is 0 Å². The highest BCUT2D eigenvalue weighted by atomic mass is 19.4. The van der Waals surface area contributed by atoms with E-state index >= 15 is 0 Å². The minimum atomic E-state index is -4.96. The van der Waals surface area contributed by atoms with Crippen molar-refractivity contribution in [2.75, 3.05) is 6.54 Å². The fourth-order valence-corrected chi connectivity index (χ4v) is 1.67. The van der Waals surface area contributed by atoms with Crippen LogP contribution in [0.5, 0.6) is 0 Å². The number of halogens is 6. The monoisotopic (exact) mass is 311 g/mol. The molecule has 0 aliphatic rings. The number of pyridine rings is 1. The molecule has 0 spiro atoms. The maximum Gasteiger partial charge on any atom is 0.435 e. The molecule has 0 aliphatic carbocycles. The van der Waals surface area contributed by atoms with E-state index in [1.807, 2.05) is 0 Å². The molecule has 0 saturated heterocycles. The first kappa shape index (κ1) is 15.1. The van der Waals surface area contributed by atoms with E-state index < -0.39 is 36.2 Å². The highest BCUT2D eigenvalue weighted by Crippen LogP contribution is 2.32. The molecule has 2 aromatic rings. The zero-order valence-electron chi connectivity index (χ0n) is 10.1. The Kier molecular flexibility index (Phi) is 3.56. The van der Waals surface area contributed by atoms with Crippen molar-refractivity contribution >= 4 is 11.6 Å². The minimum Gasteiger partial charge on any atom is -0.342 e. The molecule has 0 bridgehead atoms. The fraction of sp³-hybridized carbons (Fsp3) is 0.273. The van der Waals surface area contributed by atoms with Gasteiger partial charge in [-0.2, -0.15) is 26.3 Å². The number of fused-ring (bicyclic) bond motifs is 1. The Hall–Kier alpha value is -2.26. The Morgan fingerprint density at radius 2 is 1.86 bits per heavy atom. The molecule has 1 amide bonds. The predicted octanol–water partition coefficient (Wildman–Crippen LogP) is 2.65. The molecule has 1 N–H and O–H groups in total. The lowest BCUT2D eigenvalue weighted by Gasteiger charge is -2.10. The van der Waals surface area contributed by atoms with E-state index in [0.29, 0.717) is 0 Å². The Morgan fingerprint density at radius 3 is 2.43 bits per heavy atom. The number of carbonyl (C=O) groups is 1. The zero-order valence-corrected chi connectivity index (χ0v) is 10.1. The number of amides is 1. The smallest absolute Gasteiger partial charge is 0.342 e. The summed E-state index contributed by atoms with van der Waals surface area (Å²) >= 11 is 0. The first-order valence-corrected chi connectivity index (χ1v) is 5.49. The minimum absolute atomic E-state index is 0.193. The molecule has 2 heterocycles. The topological polar surface area (TPSA) is 46.4 Å². The Morgan fingerprint density at radius 1 is 1.19 bits per heavy atom. The van der Waals surface area contributed by atoms with Crippen LogP contribution >= 0.6 is 0 Å². The lowest BCUT2D eigenvalue weighted by atomic mass is 10.3. The number of rotatable bonds is 2. The van der Waals surface area contributed by atoms with Crippen LogP contribution in [0.25, 0.3) is 5.65 Å². The second kappa shape index (κ2) is 4.93. The van der Waals surface area contributed by atoms with Crippen LogP contribution in [-0.4, -0.2) is 28.0 Å². The summed E-state index contributed by atoms with van der Waals surface area (Å²) < 4.78 is 75.5. The molecule has 114 valence electrons. The van der Waals surface area contributed by atoms with E-state index in [1.54, 1.807) is 0 Å². The third kappa shape index (κ3) is 3.26. The second-order valence-electron chi connectivity index (χ2n) is 4.03. The van der Waals surface area contributed by atoms with E-state index in [2.05, 4.69) is 4.98 Å². The largest absolute Gasteiger partial charge is 0.435 e. The second-order valence-corrected chi connectivity index (χ2v) is 4.03. The van der Waals surface area contributed by atoms with Crippen molar-refractivity contribution < 1.29 is 31.1 Å². The molecule has 21 heavy (non-hydrogen) atoms. The molecular formula is C11H7F6N3O. The summed E-state index contributed by atoms with van der Waals surface area (Å²) in [5.41, 5.74) is -2.71. The van der Waals surface area contributed by atoms with Gasteiger partial charge in [0, 0.05) is 6.20 Å². The summed E-state index contributed by atoms with van der Waals surface area (Å²) in [6.45, 7) is -1.73. The number of nitrogens with one attached hydrogen (secondary N) is 1. The van der Waals surface area contributed by atoms with Gasteiger partial charge in [0.2, 0.25) is 0 Å². The van der Waals surface area contributed by atoms with E-state index in [-0.39, 0.29) is 5.65 Å². The van der Waals surface area contributed by atoms with Gasteiger partial charge in [0.1, 0.15) is 17.9 Å². The van der Waals surface area contributed by atoms with Gasteiger partial charge in [0.05, 0.1) is 0 Å². The van der Waals surface area contributed by atoms with Crippen molar-refractivity contribution in [2.24, 2.45) is 0 Å². The predicted molar refractivity (Wildman–Crippen MR) is 58.6 cm³/mol. The third-order valence-electron chi connectivity index (χ3n) is 2.46. The lowest BCUT2D eigenvalue weighted by molar-refractivity contribution is -0.141. The van der Waals surface area contributed by atoms with Crippen LogP contribution in [-0.2, 0) is 6.18 Å². The van der Waals surface area contributed by atoms with Crippen LogP contribution in [0.15, 0.2) is 24.4 Å². The summed E-state index contributed by atoms with van der Waals surface area (Å²) in [5, 5.41) is 1.40. The van der Waals surface area contributed by atoms with Crippen LogP contribution < -0.4 is 5.32 Å². The molecule has 2 aromatic heterocycles. The summed E-state index contributed by atoms with van der Waals surface area (Å²) in [4.78, 5) is 14.9. The van der Waals surface area contributed by atoms with Crippen LogP contribution in [0, 0.1) is 0 Å². The Labute approximate surface area is 113 Å². The first-order chi connectivity index (χ1) is 9.59. The molecule has 0 atom stereocenters. The van der Waals surface area contributed by atoms with Gasteiger partial charge in [-0.25, -0.2) is 4.98 Å². The highest BCUT2D eigenvalue weighted by molar-refractivity contribution is 5.95. The van der Waals surface area contributed by atoms with Crippen molar-refractivity contribution in [2.45, 2.75) is 12.4 Å². The number of nitrogens with zero attached hydrogens (tertiary/aromatic N) is 2. The number of alkyl halides is 6. The zero-order chi connectivity index (χ0) is 15.8.